The van der Waals surface area contributed by atoms with Crippen LogP contribution in [0.1, 0.15) is 18.2 Å². The number of pyridine rings is 1. The van der Waals surface area contributed by atoms with Gasteiger partial charge in [-0.05, 0) is 48.7 Å². The van der Waals surface area contributed by atoms with E-state index in [4.69, 9.17) is 5.26 Å². The van der Waals surface area contributed by atoms with E-state index in [1.54, 1.807) is 18.3 Å². The fourth-order valence-corrected chi connectivity index (χ4v) is 3.32. The number of nitrogens with zero attached hydrogens (tertiary/aromatic N) is 5. The van der Waals surface area contributed by atoms with Gasteiger partial charge < -0.3 is 4.57 Å². The van der Waals surface area contributed by atoms with E-state index in [9.17, 15) is 4.39 Å². The number of imidazole rings is 1. The molecule has 1 aliphatic heterocycles. The number of benzene rings is 1. The molecule has 0 aliphatic carbocycles. The van der Waals surface area contributed by atoms with Gasteiger partial charge in [-0.2, -0.15) is 10.1 Å². The van der Waals surface area contributed by atoms with E-state index < -0.39 is 0 Å². The summed E-state index contributed by atoms with van der Waals surface area (Å²) in [6.07, 6.45) is 1.66. The number of nitrogens with one attached hydrogen (secondary N) is 1. The number of aromatic nitrogens is 3. The van der Waals surface area contributed by atoms with Gasteiger partial charge in [0.25, 0.3) is 0 Å². The number of hydrazine groups is 1. The van der Waals surface area contributed by atoms with Crippen LogP contribution < -0.4 is 9.84 Å². The SMILES string of the molecule is CC1=CSNN1c1nc2ccc(F)cc2n1Cc1ccc(C#N)nc1. The van der Waals surface area contributed by atoms with Crippen molar-refractivity contribution in [1.82, 2.24) is 19.4 Å². The summed E-state index contributed by atoms with van der Waals surface area (Å²) in [5, 5.41) is 12.7. The molecule has 1 aromatic carbocycles. The molecule has 0 saturated heterocycles. The lowest BCUT2D eigenvalue weighted by molar-refractivity contribution is 0.628. The Morgan fingerprint density at radius 2 is 2.20 bits per heavy atom. The zero-order valence-corrected chi connectivity index (χ0v) is 14.1. The normalized spacial score (nSPS) is 14.0. The molecule has 1 N–H and O–H groups in total. The number of nitriles is 1. The molecule has 4 rings (SSSR count). The minimum Gasteiger partial charge on any atom is -0.304 e. The first kappa shape index (κ1) is 15.6. The Bertz CT molecular complexity index is 1020. The lowest BCUT2D eigenvalue weighted by atomic mass is 10.2. The predicted molar refractivity (Wildman–Crippen MR) is 94.7 cm³/mol. The van der Waals surface area contributed by atoms with E-state index in [0.29, 0.717) is 29.2 Å². The molecule has 124 valence electrons. The summed E-state index contributed by atoms with van der Waals surface area (Å²) in [4.78, 5) is 11.9. The van der Waals surface area contributed by atoms with Gasteiger partial charge in [0.15, 0.2) is 0 Å². The molecule has 1 aliphatic rings. The number of fused-ring (bicyclic) bond motifs is 1. The summed E-state index contributed by atoms with van der Waals surface area (Å²) in [6.45, 7) is 2.44. The van der Waals surface area contributed by atoms with Gasteiger partial charge >= 0.3 is 0 Å². The monoisotopic (exact) mass is 352 g/mol. The second-order valence-electron chi connectivity index (χ2n) is 5.60. The maximum Gasteiger partial charge on any atom is 0.226 e. The maximum absolute atomic E-state index is 13.8. The van der Waals surface area contributed by atoms with E-state index in [2.05, 4.69) is 14.8 Å². The molecule has 0 radical (unpaired) electrons. The number of anilines is 1. The topological polar surface area (TPSA) is 69.8 Å². The number of hydrogen-bond acceptors (Lipinski definition) is 6. The average molecular weight is 352 g/mol. The number of hydrogen-bond donors (Lipinski definition) is 1. The number of allylic oxidation sites excluding steroid dienone is 1. The van der Waals surface area contributed by atoms with Crippen molar-refractivity contribution in [3.8, 4) is 6.07 Å². The highest BCUT2D eigenvalue weighted by molar-refractivity contribution is 8.00. The van der Waals surface area contributed by atoms with Crippen molar-refractivity contribution < 1.29 is 4.39 Å². The third-order valence-corrected chi connectivity index (χ3v) is 4.64. The van der Waals surface area contributed by atoms with Crippen LogP contribution in [0.3, 0.4) is 0 Å². The minimum atomic E-state index is -0.311. The fourth-order valence-electron chi connectivity index (χ4n) is 2.66. The first-order valence-electron chi connectivity index (χ1n) is 7.55. The average Bonchev–Trinajstić information content (AvgIpc) is 3.19. The first-order chi connectivity index (χ1) is 12.2. The van der Waals surface area contributed by atoms with Crippen molar-refractivity contribution >= 4 is 28.9 Å². The third kappa shape index (κ3) is 2.84. The van der Waals surface area contributed by atoms with Gasteiger partial charge in [-0.3, -0.25) is 0 Å². The van der Waals surface area contributed by atoms with Gasteiger partial charge in [0.1, 0.15) is 17.6 Å². The van der Waals surface area contributed by atoms with Gasteiger partial charge in [0.2, 0.25) is 5.95 Å². The van der Waals surface area contributed by atoms with Gasteiger partial charge in [-0.25, -0.2) is 19.4 Å². The zero-order chi connectivity index (χ0) is 17.4. The summed E-state index contributed by atoms with van der Waals surface area (Å²) < 4.78 is 15.7. The molecule has 3 heterocycles. The summed E-state index contributed by atoms with van der Waals surface area (Å²) in [5.41, 5.74) is 3.68. The Labute approximate surface area is 147 Å². The van der Waals surface area contributed by atoms with E-state index in [0.717, 1.165) is 11.3 Å². The molecule has 2 aromatic heterocycles. The molecular formula is C17H13FN6S. The molecule has 8 heteroatoms. The fraction of sp³-hybridized carbons (Fsp3) is 0.118. The van der Waals surface area contributed by atoms with Crippen LogP contribution in [0, 0.1) is 17.1 Å². The molecule has 25 heavy (non-hydrogen) atoms. The lowest BCUT2D eigenvalue weighted by Crippen LogP contribution is -2.30. The highest BCUT2D eigenvalue weighted by Crippen LogP contribution is 2.29. The smallest absolute Gasteiger partial charge is 0.226 e. The van der Waals surface area contributed by atoms with Crippen LogP contribution in [0.2, 0.25) is 0 Å². The van der Waals surface area contributed by atoms with Crippen LogP contribution in [0.5, 0.6) is 0 Å². The van der Waals surface area contributed by atoms with Gasteiger partial charge in [-0.15, -0.1) is 0 Å². The molecule has 0 fully saturated rings. The highest BCUT2D eigenvalue weighted by atomic mass is 32.2. The molecule has 0 amide bonds. The Kier molecular flexibility index (Phi) is 3.87. The zero-order valence-electron chi connectivity index (χ0n) is 13.3. The van der Waals surface area contributed by atoms with E-state index in [1.165, 1.54) is 24.1 Å². The van der Waals surface area contributed by atoms with Gasteiger partial charge in [0, 0.05) is 17.3 Å². The summed E-state index contributed by atoms with van der Waals surface area (Å²) in [7, 11) is 0. The van der Waals surface area contributed by atoms with Crippen LogP contribution >= 0.6 is 11.9 Å². The first-order valence-corrected chi connectivity index (χ1v) is 8.42. The van der Waals surface area contributed by atoms with Crippen LogP contribution in [0.4, 0.5) is 10.3 Å². The third-order valence-electron chi connectivity index (χ3n) is 3.90. The summed E-state index contributed by atoms with van der Waals surface area (Å²) >= 11 is 1.46. The minimum absolute atomic E-state index is 0.311. The van der Waals surface area contributed by atoms with Crippen molar-refractivity contribution in [3.05, 3.63) is 64.7 Å². The van der Waals surface area contributed by atoms with Crippen molar-refractivity contribution in [2.45, 2.75) is 13.5 Å². The summed E-state index contributed by atoms with van der Waals surface area (Å²) in [6, 6.07) is 10.1. The van der Waals surface area contributed by atoms with Crippen LogP contribution in [0.15, 0.2) is 47.6 Å². The van der Waals surface area contributed by atoms with Crippen molar-refractivity contribution in [1.29, 1.82) is 5.26 Å². The maximum atomic E-state index is 13.8. The number of rotatable bonds is 3. The number of halogens is 1. The molecule has 0 saturated carbocycles. The Morgan fingerprint density at radius 3 is 2.88 bits per heavy atom. The predicted octanol–water partition coefficient (Wildman–Crippen LogP) is 3.32. The Morgan fingerprint density at radius 1 is 1.32 bits per heavy atom. The second-order valence-corrected chi connectivity index (χ2v) is 6.25. The molecule has 0 unspecified atom stereocenters. The molecule has 0 atom stereocenters. The van der Waals surface area contributed by atoms with Crippen LogP contribution in [-0.4, -0.2) is 14.5 Å². The molecule has 0 bridgehead atoms. The van der Waals surface area contributed by atoms with Gasteiger partial charge in [-0.1, -0.05) is 6.07 Å². The van der Waals surface area contributed by atoms with E-state index >= 15 is 0 Å². The van der Waals surface area contributed by atoms with Crippen molar-refractivity contribution in [2.24, 2.45) is 0 Å². The molecule has 3 aromatic rings. The molecule has 6 nitrogen and oxygen atoms in total. The quantitative estimate of drug-likeness (QED) is 0.729. The van der Waals surface area contributed by atoms with Crippen molar-refractivity contribution in [2.75, 3.05) is 5.01 Å². The largest absolute Gasteiger partial charge is 0.304 e. The van der Waals surface area contributed by atoms with E-state index in [1.807, 2.05) is 34.0 Å². The van der Waals surface area contributed by atoms with Gasteiger partial charge in [0.05, 0.1) is 17.6 Å². The van der Waals surface area contributed by atoms with Crippen LogP contribution in [0.25, 0.3) is 11.0 Å². The standard InChI is InChI=1S/C17H13FN6S/c1-11-10-25-22-24(11)17-21-15-5-3-13(18)6-16(15)23(17)9-12-2-4-14(7-19)20-8-12/h2-6,8,10,22H,9H2,1H3. The Balaban J connectivity index is 1.82. The molecular weight excluding hydrogens is 339 g/mol. The summed E-state index contributed by atoms with van der Waals surface area (Å²) in [5.74, 6) is 0.359. The lowest BCUT2D eigenvalue weighted by Gasteiger charge is -2.19. The van der Waals surface area contributed by atoms with Crippen molar-refractivity contribution in [3.63, 3.8) is 0 Å². The molecule has 0 spiro atoms. The highest BCUT2D eigenvalue weighted by Gasteiger charge is 2.22. The Hall–Kier alpha value is -2.89. The second kappa shape index (κ2) is 6.20. The van der Waals surface area contributed by atoms with Crippen LogP contribution in [-0.2, 0) is 6.54 Å². The van der Waals surface area contributed by atoms with E-state index in [-0.39, 0.29) is 5.82 Å².